The van der Waals surface area contributed by atoms with E-state index < -0.39 is 0 Å². The van der Waals surface area contributed by atoms with E-state index in [2.05, 4.69) is 0 Å². The third-order valence-corrected chi connectivity index (χ3v) is 2.48. The summed E-state index contributed by atoms with van der Waals surface area (Å²) in [5, 5.41) is 0. The zero-order valence-electron chi connectivity index (χ0n) is 10.3. The summed E-state index contributed by atoms with van der Waals surface area (Å²) >= 11 is 0. The molecule has 0 bridgehead atoms. The van der Waals surface area contributed by atoms with Crippen molar-refractivity contribution in [1.82, 2.24) is 0 Å². The molecule has 0 radical (unpaired) electrons. The number of rotatable bonds is 4. The molecule has 98 valence electrons. The number of allylic oxidation sites excluding steroid dienone is 2. The molecule has 2 heteroatoms. The molecule has 19 heavy (non-hydrogen) atoms. The summed E-state index contributed by atoms with van der Waals surface area (Å²) < 4.78 is 0. The molecule has 0 saturated carbocycles. The summed E-state index contributed by atoms with van der Waals surface area (Å²) in [6.45, 7) is 0. The number of benzene rings is 2. The number of carbonyl (C=O) groups excluding carboxylic acids is 1. The van der Waals surface area contributed by atoms with Gasteiger partial charge in [-0.15, -0.1) is 0 Å². The second-order valence-electron chi connectivity index (χ2n) is 3.89. The zero-order chi connectivity index (χ0) is 12.6. The maximum atomic E-state index is 11.6. The smallest absolute Gasteiger partial charge is 0.178 e. The Morgan fingerprint density at radius 3 is 1.42 bits per heavy atom. The van der Waals surface area contributed by atoms with Crippen molar-refractivity contribution in [2.45, 2.75) is 0 Å². The van der Waals surface area contributed by atoms with Gasteiger partial charge in [-0.3, -0.25) is 4.79 Å². The van der Waals surface area contributed by atoms with E-state index in [1.807, 2.05) is 72.8 Å². The minimum absolute atomic E-state index is 0. The molecule has 2 aromatic carbocycles. The molecule has 0 saturated heterocycles. The zero-order valence-corrected chi connectivity index (χ0v) is 11.9. The first kappa shape index (κ1) is 15.3. The summed E-state index contributed by atoms with van der Waals surface area (Å²) in [5.74, 6) is -0.0114. The molecule has 0 spiro atoms. The molecule has 0 heterocycles. The number of hydrogen-bond acceptors (Lipinski definition) is 1. The first-order chi connectivity index (χ1) is 8.84. The monoisotopic (exact) mass is 340 g/mol. The Labute approximate surface area is 127 Å². The normalized spacial score (nSPS) is 10.5. The fourth-order valence-electron chi connectivity index (χ4n) is 1.54. The van der Waals surface area contributed by atoms with Gasteiger partial charge in [0, 0.05) is 20.4 Å². The molecular formula is C17H14OPd. The Hall–Kier alpha value is -1.75. The van der Waals surface area contributed by atoms with E-state index in [4.69, 9.17) is 0 Å². The van der Waals surface area contributed by atoms with Crippen LogP contribution in [0.1, 0.15) is 11.1 Å². The fraction of sp³-hybridized carbons (Fsp3) is 0. The molecule has 0 aromatic heterocycles. The van der Waals surface area contributed by atoms with Crippen molar-refractivity contribution in [3.8, 4) is 0 Å². The van der Waals surface area contributed by atoms with Crippen molar-refractivity contribution in [1.29, 1.82) is 0 Å². The topological polar surface area (TPSA) is 17.1 Å². The van der Waals surface area contributed by atoms with Gasteiger partial charge < -0.3 is 0 Å². The van der Waals surface area contributed by atoms with Crippen LogP contribution in [0, 0.1) is 0 Å². The Morgan fingerprint density at radius 2 is 1.05 bits per heavy atom. The summed E-state index contributed by atoms with van der Waals surface area (Å²) in [4.78, 5) is 11.6. The van der Waals surface area contributed by atoms with Crippen molar-refractivity contribution < 1.29 is 25.2 Å². The van der Waals surface area contributed by atoms with Crippen LogP contribution in [0.3, 0.4) is 0 Å². The van der Waals surface area contributed by atoms with E-state index in [1.54, 1.807) is 12.2 Å². The molecule has 0 N–H and O–H groups in total. The van der Waals surface area contributed by atoms with Gasteiger partial charge >= 0.3 is 0 Å². The van der Waals surface area contributed by atoms with Gasteiger partial charge in [-0.1, -0.05) is 72.8 Å². The molecule has 0 amide bonds. The van der Waals surface area contributed by atoms with Crippen molar-refractivity contribution >= 4 is 17.9 Å². The summed E-state index contributed by atoms with van der Waals surface area (Å²) in [6, 6.07) is 19.6. The molecule has 1 nitrogen and oxygen atoms in total. The Balaban J connectivity index is 0.00000180. The van der Waals surface area contributed by atoms with E-state index >= 15 is 0 Å². The van der Waals surface area contributed by atoms with Gasteiger partial charge in [0.05, 0.1) is 0 Å². The van der Waals surface area contributed by atoms with Gasteiger partial charge in [-0.25, -0.2) is 0 Å². The number of carbonyl (C=O) groups is 1. The molecule has 0 aliphatic heterocycles. The molecular weight excluding hydrogens is 327 g/mol. The second-order valence-corrected chi connectivity index (χ2v) is 3.89. The van der Waals surface area contributed by atoms with Crippen LogP contribution in [-0.2, 0) is 25.2 Å². The SMILES string of the molecule is O=C(/C=C\c1ccccc1)/C=C/c1ccccc1.[Pd]. The van der Waals surface area contributed by atoms with Crippen LogP contribution in [0.25, 0.3) is 12.2 Å². The molecule has 2 rings (SSSR count). The Kier molecular flexibility index (Phi) is 6.75. The van der Waals surface area contributed by atoms with E-state index in [-0.39, 0.29) is 26.2 Å². The standard InChI is InChI=1S/C17H14O.Pd/c18-17(13-11-15-7-3-1-4-8-15)14-12-16-9-5-2-6-10-16;/h1-14H;/b13-11-,14-12+;. The molecule has 0 atom stereocenters. The van der Waals surface area contributed by atoms with Crippen LogP contribution >= 0.6 is 0 Å². The van der Waals surface area contributed by atoms with Crippen LogP contribution in [0.15, 0.2) is 72.8 Å². The summed E-state index contributed by atoms with van der Waals surface area (Å²) in [7, 11) is 0. The van der Waals surface area contributed by atoms with Gasteiger partial charge in [-0.05, 0) is 23.3 Å². The largest absolute Gasteiger partial charge is 0.290 e. The summed E-state index contributed by atoms with van der Waals surface area (Å²) in [6.07, 6.45) is 6.79. The number of hydrogen-bond donors (Lipinski definition) is 0. The minimum Gasteiger partial charge on any atom is -0.290 e. The van der Waals surface area contributed by atoms with Crippen LogP contribution in [-0.4, -0.2) is 5.78 Å². The van der Waals surface area contributed by atoms with Crippen LogP contribution < -0.4 is 0 Å². The first-order valence-corrected chi connectivity index (χ1v) is 5.85. The summed E-state index contributed by atoms with van der Waals surface area (Å²) in [5.41, 5.74) is 2.05. The van der Waals surface area contributed by atoms with Crippen LogP contribution in [0.2, 0.25) is 0 Å². The molecule has 0 fully saturated rings. The van der Waals surface area contributed by atoms with Crippen molar-refractivity contribution in [3.63, 3.8) is 0 Å². The van der Waals surface area contributed by atoms with Gasteiger partial charge in [0.1, 0.15) is 0 Å². The molecule has 0 aliphatic carbocycles. The second kappa shape index (κ2) is 8.37. The molecule has 0 aliphatic rings. The van der Waals surface area contributed by atoms with Crippen molar-refractivity contribution in [2.75, 3.05) is 0 Å². The third-order valence-electron chi connectivity index (χ3n) is 2.48. The average Bonchev–Trinajstić information content (AvgIpc) is 2.45. The van der Waals surface area contributed by atoms with E-state index in [0.717, 1.165) is 11.1 Å². The molecule has 2 aromatic rings. The van der Waals surface area contributed by atoms with E-state index in [1.165, 1.54) is 0 Å². The van der Waals surface area contributed by atoms with Crippen LogP contribution in [0.5, 0.6) is 0 Å². The van der Waals surface area contributed by atoms with E-state index in [9.17, 15) is 4.79 Å². The minimum atomic E-state index is -0.0114. The third kappa shape index (κ3) is 5.61. The Bertz CT molecular complexity index is 505. The average molecular weight is 341 g/mol. The van der Waals surface area contributed by atoms with Crippen molar-refractivity contribution in [3.05, 3.63) is 83.9 Å². The van der Waals surface area contributed by atoms with Gasteiger partial charge in [0.25, 0.3) is 0 Å². The molecule has 0 unspecified atom stereocenters. The van der Waals surface area contributed by atoms with Crippen LogP contribution in [0.4, 0.5) is 0 Å². The predicted molar refractivity (Wildman–Crippen MR) is 76.0 cm³/mol. The first-order valence-electron chi connectivity index (χ1n) is 5.85. The van der Waals surface area contributed by atoms with E-state index in [0.29, 0.717) is 0 Å². The number of ketones is 1. The maximum Gasteiger partial charge on any atom is 0.178 e. The Morgan fingerprint density at radius 1 is 0.684 bits per heavy atom. The van der Waals surface area contributed by atoms with Gasteiger partial charge in [-0.2, -0.15) is 0 Å². The van der Waals surface area contributed by atoms with Crippen molar-refractivity contribution in [2.24, 2.45) is 0 Å². The maximum absolute atomic E-state index is 11.6. The predicted octanol–water partition coefficient (Wildman–Crippen LogP) is 3.98. The van der Waals surface area contributed by atoms with Gasteiger partial charge in [0.2, 0.25) is 0 Å². The van der Waals surface area contributed by atoms with Gasteiger partial charge in [0.15, 0.2) is 5.78 Å². The quantitative estimate of drug-likeness (QED) is 0.608. The fourth-order valence-corrected chi connectivity index (χ4v) is 1.54.